The molecule has 7 N–H and O–H groups in total. The number of aliphatic hydroxyl groups is 3. The molecule has 0 spiro atoms. The monoisotopic (exact) mass is 286 g/mol. The van der Waals surface area contributed by atoms with E-state index in [2.05, 4.69) is 0 Å². The Labute approximate surface area is 102 Å². The maximum absolute atomic E-state index is 11.2. The molecule has 0 aliphatic carbocycles. The molecule has 1 aliphatic heterocycles. The number of carbonyl (C=O) groups is 1. The molecule has 1 heterocycles. The highest BCUT2D eigenvalue weighted by molar-refractivity contribution is 7.49. The number of primary amides is 1. The summed E-state index contributed by atoms with van der Waals surface area (Å²) in [5, 5.41) is 27.9. The van der Waals surface area contributed by atoms with Crippen LogP contribution in [0.1, 0.15) is 0 Å². The summed E-state index contributed by atoms with van der Waals surface area (Å²) in [6.45, 7) is -1.52. The molecule has 0 saturated carbocycles. The van der Waals surface area contributed by atoms with Crippen molar-refractivity contribution in [1.82, 2.24) is 4.67 Å². The van der Waals surface area contributed by atoms with Crippen molar-refractivity contribution in [2.24, 2.45) is 5.73 Å². The molecule has 1 saturated heterocycles. The zero-order valence-corrected chi connectivity index (χ0v) is 10.1. The number of rotatable bonds is 5. The average molecular weight is 286 g/mol. The normalized spacial score (nSPS) is 33.0. The minimum Gasteiger partial charge on any atom is -0.394 e. The van der Waals surface area contributed by atoms with Gasteiger partial charge in [-0.25, -0.2) is 4.57 Å². The van der Waals surface area contributed by atoms with Gasteiger partial charge in [0.1, 0.15) is 24.5 Å². The van der Waals surface area contributed by atoms with Gasteiger partial charge in [0.15, 0.2) is 0 Å². The molecule has 0 bridgehead atoms. The van der Waals surface area contributed by atoms with Gasteiger partial charge in [0.05, 0.1) is 13.2 Å². The summed E-state index contributed by atoms with van der Waals surface area (Å²) in [5.41, 5.74) is 4.83. The van der Waals surface area contributed by atoms with Crippen molar-refractivity contribution in [3.05, 3.63) is 0 Å². The van der Waals surface area contributed by atoms with Crippen LogP contribution in [0, 0.1) is 0 Å². The quantitative estimate of drug-likeness (QED) is 0.278. The van der Waals surface area contributed by atoms with Crippen LogP contribution in [0.15, 0.2) is 0 Å². The van der Waals surface area contributed by atoms with E-state index in [1.165, 1.54) is 0 Å². The van der Waals surface area contributed by atoms with Gasteiger partial charge in [-0.1, -0.05) is 0 Å². The van der Waals surface area contributed by atoms with E-state index >= 15 is 0 Å². The first-order valence-electron chi connectivity index (χ1n) is 4.92. The van der Waals surface area contributed by atoms with Gasteiger partial charge in [-0.2, -0.15) is 4.67 Å². The standard InChI is InChI=1S/C7H15N2O8P/c8-4(11)1-9(18(14,15)16)7-6(13)5(12)3(2-10)17-7/h3,5-7,10,12-13H,1-2H2,(H2,8,11)(H2,14,15,16)/t3-,5-,6-,7?/m1/s1. The van der Waals surface area contributed by atoms with Crippen LogP contribution >= 0.6 is 7.75 Å². The molecule has 0 aromatic carbocycles. The van der Waals surface area contributed by atoms with Crippen molar-refractivity contribution < 1.29 is 39.2 Å². The largest absolute Gasteiger partial charge is 0.405 e. The predicted molar refractivity (Wildman–Crippen MR) is 55.7 cm³/mol. The second kappa shape index (κ2) is 5.59. The van der Waals surface area contributed by atoms with Gasteiger partial charge < -0.3 is 35.6 Å². The zero-order chi connectivity index (χ0) is 14.1. The molecule has 1 aliphatic rings. The molecule has 18 heavy (non-hydrogen) atoms. The second-order valence-electron chi connectivity index (χ2n) is 3.81. The lowest BCUT2D eigenvalue weighted by molar-refractivity contribution is -0.123. The molecular weight excluding hydrogens is 271 g/mol. The van der Waals surface area contributed by atoms with Crippen LogP contribution in [0.25, 0.3) is 0 Å². The summed E-state index contributed by atoms with van der Waals surface area (Å²) in [5.74, 6) is -1.05. The van der Waals surface area contributed by atoms with Crippen LogP contribution in [0.4, 0.5) is 0 Å². The van der Waals surface area contributed by atoms with E-state index in [9.17, 15) is 19.6 Å². The Morgan fingerprint density at radius 1 is 1.33 bits per heavy atom. The third-order valence-corrected chi connectivity index (χ3v) is 3.50. The van der Waals surface area contributed by atoms with Crippen LogP contribution in [0.2, 0.25) is 0 Å². The van der Waals surface area contributed by atoms with Crippen LogP contribution in [0.3, 0.4) is 0 Å². The molecule has 1 unspecified atom stereocenters. The summed E-state index contributed by atoms with van der Waals surface area (Å²) < 4.78 is 16.3. The fraction of sp³-hybridized carbons (Fsp3) is 0.857. The third-order valence-electron chi connectivity index (χ3n) is 2.46. The SMILES string of the molecule is NC(=O)CN(C1O[C@H](CO)[C@@H](O)[C@H]1O)P(=O)(O)O. The number of hydrogen-bond acceptors (Lipinski definition) is 6. The molecule has 0 aromatic heterocycles. The van der Waals surface area contributed by atoms with E-state index in [-0.39, 0.29) is 4.67 Å². The molecule has 0 aromatic rings. The number of hydrogen-bond donors (Lipinski definition) is 6. The number of ether oxygens (including phenoxy) is 1. The lowest BCUT2D eigenvalue weighted by Gasteiger charge is -2.29. The van der Waals surface area contributed by atoms with Crippen molar-refractivity contribution in [3.8, 4) is 0 Å². The summed E-state index contributed by atoms with van der Waals surface area (Å²) >= 11 is 0. The van der Waals surface area contributed by atoms with E-state index in [1.54, 1.807) is 0 Å². The van der Waals surface area contributed by atoms with E-state index in [1.807, 2.05) is 0 Å². The van der Waals surface area contributed by atoms with Gasteiger partial charge in [-0.05, 0) is 0 Å². The molecule has 11 heteroatoms. The predicted octanol–water partition coefficient (Wildman–Crippen LogP) is -3.69. The highest BCUT2D eigenvalue weighted by atomic mass is 31.2. The number of amides is 1. The number of carbonyl (C=O) groups excluding carboxylic acids is 1. The van der Waals surface area contributed by atoms with E-state index in [0.717, 1.165) is 0 Å². The number of nitrogens with two attached hydrogens (primary N) is 1. The Morgan fingerprint density at radius 2 is 1.89 bits per heavy atom. The highest BCUT2D eigenvalue weighted by Crippen LogP contribution is 2.44. The third kappa shape index (κ3) is 3.25. The smallest absolute Gasteiger partial charge is 0.394 e. The van der Waals surface area contributed by atoms with Gasteiger partial charge in [-0.15, -0.1) is 0 Å². The first-order valence-corrected chi connectivity index (χ1v) is 6.48. The Morgan fingerprint density at radius 3 is 2.22 bits per heavy atom. The van der Waals surface area contributed by atoms with Crippen molar-refractivity contribution in [2.75, 3.05) is 13.2 Å². The van der Waals surface area contributed by atoms with Crippen molar-refractivity contribution in [2.45, 2.75) is 24.5 Å². The van der Waals surface area contributed by atoms with Crippen molar-refractivity contribution >= 4 is 13.7 Å². The Bertz CT molecular complexity index is 359. The second-order valence-corrected chi connectivity index (χ2v) is 5.35. The fourth-order valence-electron chi connectivity index (χ4n) is 1.62. The van der Waals surface area contributed by atoms with Crippen molar-refractivity contribution in [3.63, 3.8) is 0 Å². The van der Waals surface area contributed by atoms with Crippen LogP contribution in [0.5, 0.6) is 0 Å². The van der Waals surface area contributed by atoms with Crippen LogP contribution in [-0.2, 0) is 14.1 Å². The summed E-state index contributed by atoms with van der Waals surface area (Å²) in [6, 6.07) is 0. The molecule has 1 amide bonds. The van der Waals surface area contributed by atoms with Gasteiger partial charge in [0.2, 0.25) is 5.91 Å². The van der Waals surface area contributed by atoms with Crippen LogP contribution in [-0.4, -0.2) is 73.4 Å². The molecule has 10 nitrogen and oxygen atoms in total. The minimum absolute atomic E-state index is 0.235. The molecule has 4 atom stereocenters. The van der Waals surface area contributed by atoms with Gasteiger partial charge in [0, 0.05) is 0 Å². The summed E-state index contributed by atoms with van der Waals surface area (Å²) in [6.07, 6.45) is -6.05. The highest BCUT2D eigenvalue weighted by Gasteiger charge is 2.49. The molecule has 1 rings (SSSR count). The van der Waals surface area contributed by atoms with Crippen LogP contribution < -0.4 is 5.73 Å². The van der Waals surface area contributed by atoms with E-state index < -0.39 is 51.3 Å². The maximum atomic E-state index is 11.2. The first-order chi connectivity index (χ1) is 8.18. The van der Waals surface area contributed by atoms with Gasteiger partial charge >= 0.3 is 7.75 Å². The zero-order valence-electron chi connectivity index (χ0n) is 9.16. The Balaban J connectivity index is 2.94. The average Bonchev–Trinajstić information content (AvgIpc) is 2.51. The molecule has 0 radical (unpaired) electrons. The minimum atomic E-state index is -4.93. The van der Waals surface area contributed by atoms with E-state index in [0.29, 0.717) is 0 Å². The number of aliphatic hydroxyl groups excluding tert-OH is 3. The fourth-order valence-corrected chi connectivity index (χ4v) is 2.43. The molecule has 106 valence electrons. The lowest BCUT2D eigenvalue weighted by Crippen LogP contribution is -2.45. The Hall–Kier alpha value is -0.580. The number of nitrogens with zero attached hydrogens (tertiary/aromatic N) is 1. The van der Waals surface area contributed by atoms with E-state index in [4.69, 9.17) is 25.4 Å². The van der Waals surface area contributed by atoms with Gasteiger partial charge in [-0.3, -0.25) is 4.79 Å². The van der Waals surface area contributed by atoms with Gasteiger partial charge in [0.25, 0.3) is 0 Å². The molecule has 1 fully saturated rings. The Kier molecular flexibility index (Phi) is 4.81. The topological polar surface area (TPSA) is 174 Å². The first kappa shape index (κ1) is 15.5. The lowest BCUT2D eigenvalue weighted by atomic mass is 10.1. The molecular formula is C7H15N2O8P. The van der Waals surface area contributed by atoms with Crippen molar-refractivity contribution in [1.29, 1.82) is 0 Å². The summed E-state index contributed by atoms with van der Waals surface area (Å²) in [4.78, 5) is 28.8. The maximum Gasteiger partial charge on any atom is 0.405 e. The summed E-state index contributed by atoms with van der Waals surface area (Å²) in [7, 11) is -4.93.